The van der Waals surface area contributed by atoms with Crippen molar-refractivity contribution in [1.29, 1.82) is 0 Å². The second-order valence-electron chi connectivity index (χ2n) is 7.95. The number of carbonyl (C=O) groups is 1. The average molecular weight is 447 g/mol. The number of hydrogen-bond acceptors (Lipinski definition) is 6. The van der Waals surface area contributed by atoms with Crippen molar-refractivity contribution in [3.05, 3.63) is 90.3 Å². The number of amides is 1. The van der Waals surface area contributed by atoms with Gasteiger partial charge in [0.15, 0.2) is 0 Å². The molecule has 0 aliphatic rings. The number of carbonyl (C=O) groups excluding carboxylic acids is 1. The molecule has 7 nitrogen and oxygen atoms in total. The van der Waals surface area contributed by atoms with E-state index < -0.39 is 0 Å². The van der Waals surface area contributed by atoms with Gasteiger partial charge in [0.05, 0.1) is 23.6 Å². The third-order valence-electron chi connectivity index (χ3n) is 5.54. The summed E-state index contributed by atoms with van der Waals surface area (Å²) in [5.41, 5.74) is 3.00. The molecule has 33 heavy (non-hydrogen) atoms. The van der Waals surface area contributed by atoms with Gasteiger partial charge in [-0.1, -0.05) is 18.2 Å². The van der Waals surface area contributed by atoms with Crippen LogP contribution in [-0.4, -0.2) is 68.3 Å². The van der Waals surface area contributed by atoms with Gasteiger partial charge in [0.2, 0.25) is 5.91 Å². The second kappa shape index (κ2) is 13.4. The fraction of sp³-hybridized carbons (Fsp3) is 0.385. The Kier molecular flexibility index (Phi) is 9.94. The van der Waals surface area contributed by atoms with E-state index in [1.165, 1.54) is 0 Å². The molecule has 3 aromatic heterocycles. The summed E-state index contributed by atoms with van der Waals surface area (Å²) < 4.78 is 0. The molecule has 0 saturated heterocycles. The molecule has 0 bridgehead atoms. The highest BCUT2D eigenvalue weighted by Gasteiger charge is 2.18. The molecule has 7 heteroatoms. The van der Waals surface area contributed by atoms with Crippen LogP contribution in [0, 0.1) is 0 Å². The molecule has 0 aromatic carbocycles. The van der Waals surface area contributed by atoms with E-state index in [-0.39, 0.29) is 5.91 Å². The first kappa shape index (κ1) is 24.5. The monoisotopic (exact) mass is 446 g/mol. The maximum atomic E-state index is 12.9. The molecular weight excluding hydrogens is 412 g/mol. The van der Waals surface area contributed by atoms with E-state index in [9.17, 15) is 4.79 Å². The molecule has 0 spiro atoms. The van der Waals surface area contributed by atoms with E-state index >= 15 is 0 Å². The van der Waals surface area contributed by atoms with E-state index in [2.05, 4.69) is 24.8 Å². The van der Waals surface area contributed by atoms with Gasteiger partial charge in [-0.2, -0.15) is 0 Å². The highest BCUT2D eigenvalue weighted by atomic mass is 16.2. The van der Waals surface area contributed by atoms with Crippen LogP contribution in [0.5, 0.6) is 0 Å². The van der Waals surface area contributed by atoms with Crippen LogP contribution in [0.1, 0.15) is 30.9 Å². The molecule has 0 aliphatic heterocycles. The first-order valence-corrected chi connectivity index (χ1v) is 11.6. The molecule has 0 radical (unpaired) electrons. The Balaban J connectivity index is 1.71. The van der Waals surface area contributed by atoms with Crippen molar-refractivity contribution in [1.82, 2.24) is 29.7 Å². The van der Waals surface area contributed by atoms with E-state index in [4.69, 9.17) is 0 Å². The van der Waals surface area contributed by atoms with Crippen LogP contribution in [-0.2, 0) is 24.4 Å². The lowest BCUT2D eigenvalue weighted by Gasteiger charge is -2.29. The molecule has 0 fully saturated rings. The van der Waals surface area contributed by atoms with Crippen molar-refractivity contribution in [3.63, 3.8) is 0 Å². The van der Waals surface area contributed by atoms with Crippen LogP contribution in [0.3, 0.4) is 0 Å². The van der Waals surface area contributed by atoms with Gasteiger partial charge in [-0.3, -0.25) is 29.5 Å². The fourth-order valence-electron chi connectivity index (χ4n) is 3.74. The van der Waals surface area contributed by atoms with E-state index in [1.54, 1.807) is 6.20 Å². The Labute approximate surface area is 197 Å². The van der Waals surface area contributed by atoms with Crippen LogP contribution in [0.2, 0.25) is 0 Å². The maximum absolute atomic E-state index is 12.9. The molecule has 0 saturated carbocycles. The van der Waals surface area contributed by atoms with Gasteiger partial charge >= 0.3 is 0 Å². The first-order chi connectivity index (χ1) is 16.2. The normalized spacial score (nSPS) is 11.2. The molecule has 0 N–H and O–H groups in total. The Hall–Kier alpha value is -3.16. The van der Waals surface area contributed by atoms with Crippen molar-refractivity contribution in [2.24, 2.45) is 0 Å². The zero-order chi connectivity index (χ0) is 23.3. The number of rotatable bonds is 13. The predicted octanol–water partition coefficient (Wildman–Crippen LogP) is 3.24. The van der Waals surface area contributed by atoms with Crippen LogP contribution in [0.15, 0.2) is 73.2 Å². The van der Waals surface area contributed by atoms with Crippen molar-refractivity contribution < 1.29 is 4.79 Å². The van der Waals surface area contributed by atoms with Crippen molar-refractivity contribution in [3.8, 4) is 0 Å². The van der Waals surface area contributed by atoms with Crippen LogP contribution in [0.25, 0.3) is 0 Å². The Morgan fingerprint density at radius 2 is 1.09 bits per heavy atom. The number of likely N-dealkylation sites (N-methyl/N-ethyl adjacent to an activating group) is 1. The third kappa shape index (κ3) is 8.36. The molecule has 1 amide bonds. The molecule has 3 aromatic rings. The minimum Gasteiger partial charge on any atom is -0.342 e. The van der Waals surface area contributed by atoms with Gasteiger partial charge in [0.1, 0.15) is 0 Å². The summed E-state index contributed by atoms with van der Waals surface area (Å²) in [5, 5.41) is 0. The molecule has 0 atom stereocenters. The smallest absolute Gasteiger partial charge is 0.236 e. The lowest BCUT2D eigenvalue weighted by Crippen LogP contribution is -2.42. The van der Waals surface area contributed by atoms with Gasteiger partial charge in [0.25, 0.3) is 0 Å². The minimum absolute atomic E-state index is 0.150. The SMILES string of the molecule is CCN(CC)C(=O)CN(CCN(Cc1ccccn1)Cc1ccccn1)Cc1ccccn1. The predicted molar refractivity (Wildman–Crippen MR) is 130 cm³/mol. The van der Waals surface area contributed by atoms with E-state index in [1.807, 2.05) is 85.7 Å². The average Bonchev–Trinajstić information content (AvgIpc) is 2.85. The summed E-state index contributed by atoms with van der Waals surface area (Å²) >= 11 is 0. The van der Waals surface area contributed by atoms with Gasteiger partial charge < -0.3 is 4.90 Å². The van der Waals surface area contributed by atoms with Crippen LogP contribution >= 0.6 is 0 Å². The fourth-order valence-corrected chi connectivity index (χ4v) is 3.74. The summed E-state index contributed by atoms with van der Waals surface area (Å²) in [6.07, 6.45) is 5.45. The van der Waals surface area contributed by atoms with E-state index in [0.29, 0.717) is 13.1 Å². The topological polar surface area (TPSA) is 65.5 Å². The summed E-state index contributed by atoms with van der Waals surface area (Å²) in [7, 11) is 0. The summed E-state index contributed by atoms with van der Waals surface area (Å²) in [6, 6.07) is 17.9. The van der Waals surface area contributed by atoms with E-state index in [0.717, 1.165) is 56.4 Å². The largest absolute Gasteiger partial charge is 0.342 e. The summed E-state index contributed by atoms with van der Waals surface area (Å²) in [4.78, 5) is 32.7. The van der Waals surface area contributed by atoms with Crippen molar-refractivity contribution in [2.75, 3.05) is 32.7 Å². The molecule has 0 unspecified atom stereocenters. The zero-order valence-corrected chi connectivity index (χ0v) is 19.7. The Bertz CT molecular complexity index is 893. The van der Waals surface area contributed by atoms with Gasteiger partial charge in [-0.25, -0.2) is 0 Å². The molecule has 3 rings (SSSR count). The number of hydrogen-bond donors (Lipinski definition) is 0. The molecule has 174 valence electrons. The minimum atomic E-state index is 0.150. The zero-order valence-electron chi connectivity index (χ0n) is 19.7. The van der Waals surface area contributed by atoms with Crippen LogP contribution < -0.4 is 0 Å². The second-order valence-corrected chi connectivity index (χ2v) is 7.95. The molecule has 0 aliphatic carbocycles. The van der Waals surface area contributed by atoms with Crippen molar-refractivity contribution in [2.45, 2.75) is 33.5 Å². The van der Waals surface area contributed by atoms with Gasteiger partial charge in [-0.05, 0) is 50.2 Å². The summed E-state index contributed by atoms with van der Waals surface area (Å²) in [5.74, 6) is 0.150. The number of pyridine rings is 3. The lowest BCUT2D eigenvalue weighted by molar-refractivity contribution is -0.132. The van der Waals surface area contributed by atoms with Crippen LogP contribution in [0.4, 0.5) is 0 Å². The highest BCUT2D eigenvalue weighted by Crippen LogP contribution is 2.09. The van der Waals surface area contributed by atoms with Gasteiger partial charge in [-0.15, -0.1) is 0 Å². The first-order valence-electron chi connectivity index (χ1n) is 11.6. The van der Waals surface area contributed by atoms with Crippen molar-refractivity contribution >= 4 is 5.91 Å². The molecule has 3 heterocycles. The van der Waals surface area contributed by atoms with Gasteiger partial charge in [0, 0.05) is 64.4 Å². The Morgan fingerprint density at radius 1 is 0.667 bits per heavy atom. The molecular formula is C26H34N6O. The summed E-state index contributed by atoms with van der Waals surface area (Å²) in [6.45, 7) is 9.45. The standard InChI is InChI=1S/C26H34N6O/c1-3-32(4-2)26(33)22-31(21-25-13-7-10-16-29-25)18-17-30(19-23-11-5-8-14-27-23)20-24-12-6-9-15-28-24/h5-16H,3-4,17-22H2,1-2H3. The quantitative estimate of drug-likeness (QED) is 0.402. The lowest BCUT2D eigenvalue weighted by atomic mass is 10.2. The Morgan fingerprint density at radius 3 is 1.48 bits per heavy atom. The maximum Gasteiger partial charge on any atom is 0.236 e. The highest BCUT2D eigenvalue weighted by molar-refractivity contribution is 5.78. The third-order valence-corrected chi connectivity index (χ3v) is 5.54. The number of aromatic nitrogens is 3. The number of nitrogens with zero attached hydrogens (tertiary/aromatic N) is 6.